The first-order chi connectivity index (χ1) is 9.56. The number of rotatable bonds is 3. The molecule has 1 amide bonds. The minimum absolute atomic E-state index is 0.279. The van der Waals surface area contributed by atoms with Gasteiger partial charge in [-0.1, -0.05) is 29.8 Å². The highest BCUT2D eigenvalue weighted by Gasteiger charge is 2.03. The number of carbonyl (C=O) groups excluding carboxylic acids is 1. The summed E-state index contributed by atoms with van der Waals surface area (Å²) in [5.74, 6) is -0.279. The van der Waals surface area contributed by atoms with Gasteiger partial charge >= 0.3 is 0 Å². The number of carbonyl (C=O) groups is 1. The minimum atomic E-state index is -0.279. The number of hydrazone groups is 1. The van der Waals surface area contributed by atoms with E-state index in [0.29, 0.717) is 11.3 Å². The lowest BCUT2D eigenvalue weighted by atomic mass is 10.1. The summed E-state index contributed by atoms with van der Waals surface area (Å²) in [6.07, 6.45) is 1.64. The number of nitrogens with two attached hydrogens (primary N) is 1. The van der Waals surface area contributed by atoms with Crippen LogP contribution in [0, 0.1) is 13.8 Å². The maximum atomic E-state index is 11.8. The van der Waals surface area contributed by atoms with Crippen LogP contribution in [-0.4, -0.2) is 12.1 Å². The lowest BCUT2D eigenvalue weighted by molar-refractivity contribution is 0.0955. The Kier molecular flexibility index (Phi) is 4.15. The van der Waals surface area contributed by atoms with Crippen molar-refractivity contribution in [3.8, 4) is 0 Å². The molecule has 2 aromatic carbocycles. The van der Waals surface area contributed by atoms with Crippen molar-refractivity contribution in [3.05, 3.63) is 64.7 Å². The molecule has 0 aliphatic carbocycles. The van der Waals surface area contributed by atoms with Gasteiger partial charge in [0.05, 0.1) is 6.21 Å². The number of aryl methyl sites for hydroxylation is 2. The summed E-state index contributed by atoms with van der Waals surface area (Å²) in [5.41, 5.74) is 12.5. The zero-order chi connectivity index (χ0) is 14.5. The van der Waals surface area contributed by atoms with E-state index >= 15 is 0 Å². The largest absolute Gasteiger partial charge is 0.399 e. The molecule has 0 fully saturated rings. The Morgan fingerprint density at radius 1 is 1.20 bits per heavy atom. The van der Waals surface area contributed by atoms with E-state index in [1.807, 2.05) is 26.0 Å². The first-order valence-electron chi connectivity index (χ1n) is 6.32. The van der Waals surface area contributed by atoms with Gasteiger partial charge in [-0.3, -0.25) is 4.79 Å². The van der Waals surface area contributed by atoms with E-state index in [-0.39, 0.29) is 5.91 Å². The van der Waals surface area contributed by atoms with E-state index in [0.717, 1.165) is 11.1 Å². The van der Waals surface area contributed by atoms with Crippen LogP contribution in [0.4, 0.5) is 5.69 Å². The summed E-state index contributed by atoms with van der Waals surface area (Å²) < 4.78 is 0. The predicted molar refractivity (Wildman–Crippen MR) is 81.8 cm³/mol. The first kappa shape index (κ1) is 13.8. The summed E-state index contributed by atoms with van der Waals surface area (Å²) in [6, 6.07) is 12.8. The molecular formula is C16H17N3O. The molecule has 20 heavy (non-hydrogen) atoms. The van der Waals surface area contributed by atoms with Crippen LogP contribution in [0.1, 0.15) is 27.0 Å². The fraction of sp³-hybridized carbons (Fsp3) is 0.125. The van der Waals surface area contributed by atoms with Gasteiger partial charge < -0.3 is 5.73 Å². The highest BCUT2D eigenvalue weighted by molar-refractivity contribution is 5.95. The quantitative estimate of drug-likeness (QED) is 0.510. The Hall–Kier alpha value is -2.62. The molecule has 2 rings (SSSR count). The molecule has 0 heterocycles. The molecule has 0 radical (unpaired) electrons. The van der Waals surface area contributed by atoms with Crippen LogP contribution in [0.2, 0.25) is 0 Å². The van der Waals surface area contributed by atoms with E-state index in [2.05, 4.69) is 16.6 Å². The zero-order valence-corrected chi connectivity index (χ0v) is 11.6. The summed E-state index contributed by atoms with van der Waals surface area (Å²) in [7, 11) is 0. The van der Waals surface area contributed by atoms with E-state index in [9.17, 15) is 4.79 Å². The molecule has 0 atom stereocenters. The van der Waals surface area contributed by atoms with E-state index in [4.69, 9.17) is 5.73 Å². The van der Waals surface area contributed by atoms with E-state index in [1.54, 1.807) is 30.5 Å². The highest BCUT2D eigenvalue weighted by atomic mass is 16.2. The molecule has 0 bridgehead atoms. The highest BCUT2D eigenvalue weighted by Crippen LogP contribution is 2.08. The molecule has 0 spiro atoms. The molecule has 2 aromatic rings. The number of hydrogen-bond donors (Lipinski definition) is 2. The van der Waals surface area contributed by atoms with Gasteiger partial charge in [0.2, 0.25) is 0 Å². The molecule has 4 heteroatoms. The number of anilines is 1. The maximum Gasteiger partial charge on any atom is 0.271 e. The molecule has 0 saturated carbocycles. The molecule has 0 saturated heterocycles. The van der Waals surface area contributed by atoms with Crippen LogP contribution >= 0.6 is 0 Å². The average Bonchev–Trinajstić information content (AvgIpc) is 2.41. The molecule has 4 nitrogen and oxygen atoms in total. The Bertz CT molecular complexity index is 663. The van der Waals surface area contributed by atoms with Gasteiger partial charge in [-0.2, -0.15) is 5.10 Å². The third-order valence-electron chi connectivity index (χ3n) is 2.94. The zero-order valence-electron chi connectivity index (χ0n) is 11.6. The van der Waals surface area contributed by atoms with Gasteiger partial charge in [-0.25, -0.2) is 5.43 Å². The number of nitrogen functional groups attached to an aromatic ring is 1. The maximum absolute atomic E-state index is 11.8. The van der Waals surface area contributed by atoms with Crippen molar-refractivity contribution in [1.82, 2.24) is 5.43 Å². The second kappa shape index (κ2) is 6.02. The van der Waals surface area contributed by atoms with Gasteiger partial charge in [0, 0.05) is 11.3 Å². The van der Waals surface area contributed by atoms with Gasteiger partial charge in [0.1, 0.15) is 0 Å². The lowest BCUT2D eigenvalue weighted by Crippen LogP contribution is -2.17. The van der Waals surface area contributed by atoms with Crippen molar-refractivity contribution < 1.29 is 4.79 Å². The van der Waals surface area contributed by atoms with Gasteiger partial charge in [0.15, 0.2) is 0 Å². The molecule has 0 aliphatic rings. The Labute approximate surface area is 118 Å². The van der Waals surface area contributed by atoms with Gasteiger partial charge in [-0.15, -0.1) is 0 Å². The Morgan fingerprint density at radius 3 is 2.70 bits per heavy atom. The third kappa shape index (κ3) is 3.45. The number of benzene rings is 2. The summed E-state index contributed by atoms with van der Waals surface area (Å²) in [4.78, 5) is 11.8. The van der Waals surface area contributed by atoms with Crippen molar-refractivity contribution in [3.63, 3.8) is 0 Å². The number of nitrogens with zero attached hydrogens (tertiary/aromatic N) is 1. The SMILES string of the molecule is Cc1ccc(/C=N\NC(=O)c2cccc(N)c2)c(C)c1. The van der Waals surface area contributed by atoms with Crippen LogP contribution in [-0.2, 0) is 0 Å². The number of nitrogens with one attached hydrogen (secondary N) is 1. The smallest absolute Gasteiger partial charge is 0.271 e. The van der Waals surface area contributed by atoms with Crippen molar-refractivity contribution in [2.75, 3.05) is 5.73 Å². The topological polar surface area (TPSA) is 67.5 Å². The summed E-state index contributed by atoms with van der Waals surface area (Å²) in [6.45, 7) is 4.05. The Morgan fingerprint density at radius 2 is 2.00 bits per heavy atom. The van der Waals surface area contributed by atoms with Crippen LogP contribution in [0.25, 0.3) is 0 Å². The molecule has 3 N–H and O–H groups in total. The molecule has 0 aliphatic heterocycles. The molecular weight excluding hydrogens is 250 g/mol. The molecule has 0 unspecified atom stereocenters. The van der Waals surface area contributed by atoms with Gasteiger partial charge in [0.25, 0.3) is 5.91 Å². The fourth-order valence-electron chi connectivity index (χ4n) is 1.88. The average molecular weight is 267 g/mol. The van der Waals surface area contributed by atoms with Crippen LogP contribution in [0.3, 0.4) is 0 Å². The van der Waals surface area contributed by atoms with Crippen LogP contribution < -0.4 is 11.2 Å². The summed E-state index contributed by atoms with van der Waals surface area (Å²) >= 11 is 0. The normalized spacial score (nSPS) is 10.7. The number of hydrogen-bond acceptors (Lipinski definition) is 3. The number of amides is 1. The van der Waals surface area contributed by atoms with Crippen molar-refractivity contribution in [1.29, 1.82) is 0 Å². The standard InChI is InChI=1S/C16H17N3O/c1-11-6-7-14(12(2)8-11)10-18-19-16(20)13-4-3-5-15(17)9-13/h3-10H,17H2,1-2H3,(H,19,20)/b18-10-. The van der Waals surface area contributed by atoms with Gasteiger partial charge in [-0.05, 0) is 43.2 Å². The van der Waals surface area contributed by atoms with Crippen molar-refractivity contribution in [2.24, 2.45) is 5.10 Å². The second-order valence-corrected chi connectivity index (χ2v) is 4.68. The first-order valence-corrected chi connectivity index (χ1v) is 6.32. The van der Waals surface area contributed by atoms with Crippen molar-refractivity contribution >= 4 is 17.8 Å². The summed E-state index contributed by atoms with van der Waals surface area (Å²) in [5, 5.41) is 3.97. The monoisotopic (exact) mass is 267 g/mol. The fourth-order valence-corrected chi connectivity index (χ4v) is 1.88. The molecule has 0 aromatic heterocycles. The van der Waals surface area contributed by atoms with Crippen LogP contribution in [0.15, 0.2) is 47.6 Å². The van der Waals surface area contributed by atoms with Crippen molar-refractivity contribution in [2.45, 2.75) is 13.8 Å². The minimum Gasteiger partial charge on any atom is -0.399 e. The third-order valence-corrected chi connectivity index (χ3v) is 2.94. The lowest BCUT2D eigenvalue weighted by Gasteiger charge is -2.02. The second-order valence-electron chi connectivity index (χ2n) is 4.68. The van der Waals surface area contributed by atoms with Crippen LogP contribution in [0.5, 0.6) is 0 Å². The molecule has 102 valence electrons. The predicted octanol–water partition coefficient (Wildman–Crippen LogP) is 2.65. The van der Waals surface area contributed by atoms with E-state index < -0.39 is 0 Å². The Balaban J connectivity index is 2.04. The van der Waals surface area contributed by atoms with E-state index in [1.165, 1.54) is 5.56 Å².